The molecule has 0 bridgehead atoms. The van der Waals surface area contributed by atoms with Gasteiger partial charge in [0.2, 0.25) is 5.91 Å². The minimum Gasteiger partial charge on any atom is -0.338 e. The molecular formula is C15H32N4O. The number of rotatable bonds is 6. The number of carbonyl (C=O) groups excluding carboxylic acids is 1. The normalized spacial score (nSPS) is 20.9. The van der Waals surface area contributed by atoms with Crippen molar-refractivity contribution in [2.75, 3.05) is 47.3 Å². The molecule has 2 atom stereocenters. The van der Waals surface area contributed by atoms with Crippen molar-refractivity contribution in [2.45, 2.75) is 38.8 Å². The van der Waals surface area contributed by atoms with Crippen molar-refractivity contribution >= 4 is 5.91 Å². The number of hydrogen-bond acceptors (Lipinski definition) is 4. The summed E-state index contributed by atoms with van der Waals surface area (Å²) in [5, 5.41) is 0. The van der Waals surface area contributed by atoms with Crippen LogP contribution in [0.5, 0.6) is 0 Å². The third kappa shape index (κ3) is 5.04. The van der Waals surface area contributed by atoms with Crippen LogP contribution in [0.4, 0.5) is 0 Å². The van der Waals surface area contributed by atoms with Crippen LogP contribution in [-0.2, 0) is 4.79 Å². The van der Waals surface area contributed by atoms with Gasteiger partial charge in [0, 0.05) is 25.2 Å². The molecule has 5 nitrogen and oxygen atoms in total. The molecule has 1 rings (SSSR count). The van der Waals surface area contributed by atoms with Crippen molar-refractivity contribution in [2.24, 2.45) is 11.7 Å². The molecular weight excluding hydrogens is 252 g/mol. The van der Waals surface area contributed by atoms with Gasteiger partial charge in [-0.2, -0.15) is 0 Å². The van der Waals surface area contributed by atoms with E-state index in [1.54, 1.807) is 0 Å². The van der Waals surface area contributed by atoms with Crippen LogP contribution in [-0.4, -0.2) is 80.0 Å². The zero-order chi connectivity index (χ0) is 15.3. The van der Waals surface area contributed by atoms with Crippen molar-refractivity contribution in [3.63, 3.8) is 0 Å². The Morgan fingerprint density at radius 2 is 1.80 bits per heavy atom. The maximum atomic E-state index is 12.7. The Morgan fingerprint density at radius 1 is 1.25 bits per heavy atom. The highest BCUT2D eigenvalue weighted by molar-refractivity contribution is 5.79. The summed E-state index contributed by atoms with van der Waals surface area (Å²) in [5.74, 6) is 0.119. The van der Waals surface area contributed by atoms with E-state index in [2.05, 4.69) is 21.7 Å². The van der Waals surface area contributed by atoms with Crippen LogP contribution < -0.4 is 5.73 Å². The van der Waals surface area contributed by atoms with Crippen molar-refractivity contribution in [1.82, 2.24) is 14.7 Å². The first-order chi connectivity index (χ1) is 9.32. The van der Waals surface area contributed by atoms with Gasteiger partial charge in [-0.15, -0.1) is 0 Å². The smallest absolute Gasteiger partial charge is 0.227 e. The predicted molar refractivity (Wildman–Crippen MR) is 83.6 cm³/mol. The fraction of sp³-hybridized carbons (Fsp3) is 0.933. The van der Waals surface area contributed by atoms with Crippen LogP contribution in [0, 0.1) is 5.92 Å². The number of piperidine rings is 1. The highest BCUT2D eigenvalue weighted by Gasteiger charge is 2.30. The summed E-state index contributed by atoms with van der Waals surface area (Å²) in [6.07, 6.45) is 2.14. The molecule has 1 amide bonds. The molecule has 0 aromatic heterocycles. The molecule has 5 heteroatoms. The number of hydrogen-bond donors (Lipinski definition) is 1. The Hall–Kier alpha value is -0.650. The number of nitrogens with two attached hydrogens (primary N) is 1. The first-order valence-corrected chi connectivity index (χ1v) is 7.72. The molecule has 2 unspecified atom stereocenters. The van der Waals surface area contributed by atoms with Gasteiger partial charge in [-0.05, 0) is 54.0 Å². The van der Waals surface area contributed by atoms with Gasteiger partial charge >= 0.3 is 0 Å². The SMILES string of the molecule is CC(N)C(C)C(=O)N(CCN(C)C)C1CCN(C)CC1. The third-order valence-electron chi connectivity index (χ3n) is 4.38. The topological polar surface area (TPSA) is 52.8 Å². The lowest BCUT2D eigenvalue weighted by molar-refractivity contribution is -0.139. The largest absolute Gasteiger partial charge is 0.338 e. The van der Waals surface area contributed by atoms with E-state index in [9.17, 15) is 4.79 Å². The molecule has 1 saturated heterocycles. The minimum absolute atomic E-state index is 0.0874. The zero-order valence-corrected chi connectivity index (χ0v) is 13.8. The Morgan fingerprint density at radius 3 is 2.25 bits per heavy atom. The maximum absolute atomic E-state index is 12.7. The molecule has 20 heavy (non-hydrogen) atoms. The summed E-state index contributed by atoms with van der Waals surface area (Å²) in [6.45, 7) is 7.72. The molecule has 0 aromatic carbocycles. The zero-order valence-electron chi connectivity index (χ0n) is 13.8. The van der Waals surface area contributed by atoms with Gasteiger partial charge in [0.15, 0.2) is 0 Å². The first-order valence-electron chi connectivity index (χ1n) is 7.72. The van der Waals surface area contributed by atoms with Gasteiger partial charge in [-0.3, -0.25) is 4.79 Å². The van der Waals surface area contributed by atoms with E-state index in [0.717, 1.165) is 39.0 Å². The monoisotopic (exact) mass is 284 g/mol. The Kier molecular flexibility index (Phi) is 6.92. The molecule has 0 saturated carbocycles. The van der Waals surface area contributed by atoms with Gasteiger partial charge in [0.1, 0.15) is 0 Å². The van der Waals surface area contributed by atoms with Gasteiger partial charge in [0.25, 0.3) is 0 Å². The Bertz CT molecular complexity index is 298. The lowest BCUT2D eigenvalue weighted by Crippen LogP contribution is -2.52. The molecule has 0 radical (unpaired) electrons. The van der Waals surface area contributed by atoms with Crippen molar-refractivity contribution in [1.29, 1.82) is 0 Å². The molecule has 1 aliphatic rings. The van der Waals surface area contributed by atoms with Crippen LogP contribution in [0.1, 0.15) is 26.7 Å². The van der Waals surface area contributed by atoms with E-state index in [1.807, 2.05) is 27.9 Å². The Balaban J connectivity index is 2.71. The minimum atomic E-state index is -0.100. The summed E-state index contributed by atoms with van der Waals surface area (Å²) in [4.78, 5) is 19.2. The van der Waals surface area contributed by atoms with Crippen molar-refractivity contribution in [3.05, 3.63) is 0 Å². The summed E-state index contributed by atoms with van der Waals surface area (Å²) >= 11 is 0. The van der Waals surface area contributed by atoms with E-state index in [4.69, 9.17) is 5.73 Å². The fourth-order valence-corrected chi connectivity index (χ4v) is 2.57. The van der Waals surface area contributed by atoms with Crippen molar-refractivity contribution < 1.29 is 4.79 Å². The van der Waals surface area contributed by atoms with Crippen LogP contribution >= 0.6 is 0 Å². The molecule has 118 valence electrons. The molecule has 0 aromatic rings. The van der Waals surface area contributed by atoms with Crippen LogP contribution in [0.3, 0.4) is 0 Å². The molecule has 0 aliphatic carbocycles. The summed E-state index contributed by atoms with van der Waals surface area (Å²) in [5.41, 5.74) is 5.92. The van der Waals surface area contributed by atoms with Gasteiger partial charge in [-0.1, -0.05) is 6.92 Å². The van der Waals surface area contributed by atoms with E-state index >= 15 is 0 Å². The lowest BCUT2D eigenvalue weighted by Gasteiger charge is -2.39. The first kappa shape index (κ1) is 17.4. The molecule has 0 spiro atoms. The standard InChI is InChI=1S/C15H32N4O/c1-12(13(2)16)15(20)19(11-10-17(3)4)14-6-8-18(5)9-7-14/h12-14H,6-11,16H2,1-5H3. The number of likely N-dealkylation sites (N-methyl/N-ethyl adjacent to an activating group) is 1. The molecule has 1 aliphatic heterocycles. The highest BCUT2D eigenvalue weighted by Crippen LogP contribution is 2.18. The second-order valence-electron chi connectivity index (χ2n) is 6.52. The average Bonchev–Trinajstić information content (AvgIpc) is 2.39. The van der Waals surface area contributed by atoms with Crippen LogP contribution in [0.25, 0.3) is 0 Å². The summed E-state index contributed by atoms with van der Waals surface area (Å²) in [6, 6.07) is 0.287. The van der Waals surface area contributed by atoms with Gasteiger partial charge < -0.3 is 20.4 Å². The predicted octanol–water partition coefficient (Wildman–Crippen LogP) is 0.454. The van der Waals surface area contributed by atoms with Crippen molar-refractivity contribution in [3.8, 4) is 0 Å². The summed E-state index contributed by atoms with van der Waals surface area (Å²) in [7, 11) is 6.24. The number of amides is 1. The van der Waals surface area contributed by atoms with E-state index < -0.39 is 0 Å². The van der Waals surface area contributed by atoms with E-state index in [0.29, 0.717) is 6.04 Å². The lowest BCUT2D eigenvalue weighted by atomic mass is 9.98. The average molecular weight is 284 g/mol. The summed E-state index contributed by atoms with van der Waals surface area (Å²) < 4.78 is 0. The Labute approximate surface area is 124 Å². The molecule has 2 N–H and O–H groups in total. The fourth-order valence-electron chi connectivity index (χ4n) is 2.57. The van der Waals surface area contributed by atoms with E-state index in [-0.39, 0.29) is 17.9 Å². The van der Waals surface area contributed by atoms with Gasteiger partial charge in [-0.25, -0.2) is 0 Å². The quantitative estimate of drug-likeness (QED) is 0.770. The second kappa shape index (κ2) is 7.96. The molecule has 1 heterocycles. The number of carbonyl (C=O) groups is 1. The third-order valence-corrected chi connectivity index (χ3v) is 4.38. The maximum Gasteiger partial charge on any atom is 0.227 e. The number of nitrogens with zero attached hydrogens (tertiary/aromatic N) is 3. The van der Waals surface area contributed by atoms with E-state index in [1.165, 1.54) is 0 Å². The second-order valence-corrected chi connectivity index (χ2v) is 6.52. The van der Waals surface area contributed by atoms with Crippen LogP contribution in [0.15, 0.2) is 0 Å². The number of likely N-dealkylation sites (tertiary alicyclic amines) is 1. The highest BCUT2D eigenvalue weighted by atomic mass is 16.2. The van der Waals surface area contributed by atoms with Gasteiger partial charge in [0.05, 0.1) is 5.92 Å². The molecule has 1 fully saturated rings. The van der Waals surface area contributed by atoms with Crippen LogP contribution in [0.2, 0.25) is 0 Å².